The van der Waals surface area contributed by atoms with E-state index in [1.54, 1.807) is 0 Å². The van der Waals surface area contributed by atoms with E-state index in [9.17, 15) is 0 Å². The first-order chi connectivity index (χ1) is 10.6. The monoisotopic (exact) mass is 300 g/mol. The number of rotatable bonds is 8. The summed E-state index contributed by atoms with van der Waals surface area (Å²) in [4.78, 5) is 6.86. The van der Waals surface area contributed by atoms with Gasteiger partial charge >= 0.3 is 0 Å². The Balaban J connectivity index is 1.97. The maximum absolute atomic E-state index is 5.91. The molecule has 0 aliphatic rings. The molecule has 2 rings (SSSR count). The van der Waals surface area contributed by atoms with Crippen LogP contribution < -0.4 is 11.1 Å². The lowest BCUT2D eigenvalue weighted by Crippen LogP contribution is -2.25. The SMILES string of the molecule is CCN(CC)CCC[C@H](C)Nc1ccnc2ccc(N)cc12. The lowest BCUT2D eigenvalue weighted by atomic mass is 10.1. The maximum atomic E-state index is 5.91. The lowest BCUT2D eigenvalue weighted by molar-refractivity contribution is 0.295. The smallest absolute Gasteiger partial charge is 0.0724 e. The second kappa shape index (κ2) is 7.99. The molecule has 3 N–H and O–H groups in total. The van der Waals surface area contributed by atoms with E-state index >= 15 is 0 Å². The summed E-state index contributed by atoms with van der Waals surface area (Å²) < 4.78 is 0. The lowest BCUT2D eigenvalue weighted by Gasteiger charge is -2.20. The summed E-state index contributed by atoms with van der Waals surface area (Å²) in [7, 11) is 0. The van der Waals surface area contributed by atoms with Crippen LogP contribution in [0.4, 0.5) is 11.4 Å². The van der Waals surface area contributed by atoms with Crippen molar-refractivity contribution in [2.45, 2.75) is 39.7 Å². The molecule has 0 aliphatic heterocycles. The van der Waals surface area contributed by atoms with Gasteiger partial charge in [-0.25, -0.2) is 0 Å². The molecule has 1 aromatic heterocycles. The second-order valence-electron chi connectivity index (χ2n) is 5.85. The number of benzene rings is 1. The standard InChI is InChI=1S/C18H28N4/c1-4-22(5-2)12-6-7-14(3)21-18-10-11-20-17-9-8-15(19)13-16(17)18/h8-11,13-14H,4-7,12,19H2,1-3H3,(H,20,21)/t14-/m0/s1. The van der Waals surface area contributed by atoms with Gasteiger partial charge in [0, 0.05) is 29.0 Å². The number of nitrogens with two attached hydrogens (primary N) is 1. The van der Waals surface area contributed by atoms with Crippen LogP contribution in [0.1, 0.15) is 33.6 Å². The highest BCUT2D eigenvalue weighted by Gasteiger charge is 2.07. The van der Waals surface area contributed by atoms with Crippen molar-refractivity contribution >= 4 is 22.3 Å². The van der Waals surface area contributed by atoms with E-state index in [-0.39, 0.29) is 0 Å². The van der Waals surface area contributed by atoms with Crippen molar-refractivity contribution in [1.82, 2.24) is 9.88 Å². The van der Waals surface area contributed by atoms with Crippen LogP contribution in [0.5, 0.6) is 0 Å². The third kappa shape index (κ3) is 4.34. The fourth-order valence-electron chi connectivity index (χ4n) is 2.79. The van der Waals surface area contributed by atoms with Crippen LogP contribution in [-0.2, 0) is 0 Å². The highest BCUT2D eigenvalue weighted by molar-refractivity contribution is 5.93. The number of fused-ring (bicyclic) bond motifs is 1. The normalized spacial score (nSPS) is 12.7. The number of nitrogens with zero attached hydrogens (tertiary/aromatic N) is 2. The molecule has 2 aromatic rings. The van der Waals surface area contributed by atoms with Crippen molar-refractivity contribution in [3.05, 3.63) is 30.5 Å². The van der Waals surface area contributed by atoms with E-state index in [1.807, 2.05) is 30.5 Å². The molecule has 0 radical (unpaired) electrons. The molecule has 1 heterocycles. The Morgan fingerprint density at radius 1 is 1.23 bits per heavy atom. The van der Waals surface area contributed by atoms with Gasteiger partial charge < -0.3 is 16.0 Å². The molecule has 22 heavy (non-hydrogen) atoms. The molecule has 0 saturated heterocycles. The molecule has 4 nitrogen and oxygen atoms in total. The highest BCUT2D eigenvalue weighted by atomic mass is 15.1. The van der Waals surface area contributed by atoms with Crippen molar-refractivity contribution in [3.8, 4) is 0 Å². The van der Waals surface area contributed by atoms with Gasteiger partial charge in [-0.2, -0.15) is 0 Å². The summed E-state index contributed by atoms with van der Waals surface area (Å²) in [5.74, 6) is 0. The van der Waals surface area contributed by atoms with E-state index in [0.717, 1.165) is 41.8 Å². The summed E-state index contributed by atoms with van der Waals surface area (Å²) in [5, 5.41) is 4.70. The molecule has 0 saturated carbocycles. The number of anilines is 2. The molecule has 0 aliphatic carbocycles. The van der Waals surface area contributed by atoms with Crippen molar-refractivity contribution in [1.29, 1.82) is 0 Å². The molecule has 0 bridgehead atoms. The summed E-state index contributed by atoms with van der Waals surface area (Å²) in [6, 6.07) is 8.33. The Morgan fingerprint density at radius 2 is 2.00 bits per heavy atom. The molecule has 120 valence electrons. The zero-order valence-corrected chi connectivity index (χ0v) is 14.0. The average molecular weight is 300 g/mol. The topological polar surface area (TPSA) is 54.2 Å². The molecular formula is C18H28N4. The van der Waals surface area contributed by atoms with Crippen LogP contribution in [0.15, 0.2) is 30.5 Å². The van der Waals surface area contributed by atoms with Gasteiger partial charge in [-0.3, -0.25) is 4.98 Å². The first-order valence-corrected chi connectivity index (χ1v) is 8.27. The summed E-state index contributed by atoms with van der Waals surface area (Å²) >= 11 is 0. The third-order valence-electron chi connectivity index (χ3n) is 4.17. The van der Waals surface area contributed by atoms with Crippen molar-refractivity contribution in [2.75, 3.05) is 30.7 Å². The minimum Gasteiger partial charge on any atom is -0.399 e. The Morgan fingerprint density at radius 3 is 2.73 bits per heavy atom. The van der Waals surface area contributed by atoms with E-state index in [2.05, 4.69) is 36.0 Å². The van der Waals surface area contributed by atoms with E-state index in [1.165, 1.54) is 13.0 Å². The van der Waals surface area contributed by atoms with Gasteiger partial charge in [0.15, 0.2) is 0 Å². The summed E-state index contributed by atoms with van der Waals surface area (Å²) in [6.07, 6.45) is 4.22. The van der Waals surface area contributed by atoms with Gasteiger partial charge in [-0.05, 0) is 63.7 Å². The van der Waals surface area contributed by atoms with Crippen LogP contribution in [0, 0.1) is 0 Å². The van der Waals surface area contributed by atoms with Crippen LogP contribution in [-0.4, -0.2) is 35.6 Å². The molecule has 1 aromatic carbocycles. The van der Waals surface area contributed by atoms with Crippen LogP contribution >= 0.6 is 0 Å². The van der Waals surface area contributed by atoms with Crippen molar-refractivity contribution in [3.63, 3.8) is 0 Å². The molecular weight excluding hydrogens is 272 g/mol. The van der Waals surface area contributed by atoms with Gasteiger partial charge in [0.1, 0.15) is 0 Å². The van der Waals surface area contributed by atoms with Gasteiger partial charge in [-0.15, -0.1) is 0 Å². The Labute approximate surface area is 133 Å². The number of hydrogen-bond donors (Lipinski definition) is 2. The van der Waals surface area contributed by atoms with Crippen molar-refractivity contribution < 1.29 is 0 Å². The summed E-state index contributed by atoms with van der Waals surface area (Å²) in [5.41, 5.74) is 8.78. The van der Waals surface area contributed by atoms with Crippen LogP contribution in [0.2, 0.25) is 0 Å². The fourth-order valence-corrected chi connectivity index (χ4v) is 2.79. The zero-order valence-electron chi connectivity index (χ0n) is 14.0. The Hall–Kier alpha value is -1.81. The number of nitrogens with one attached hydrogen (secondary N) is 1. The minimum absolute atomic E-state index is 0.433. The molecule has 0 unspecified atom stereocenters. The van der Waals surface area contributed by atoms with E-state index < -0.39 is 0 Å². The number of pyridine rings is 1. The van der Waals surface area contributed by atoms with Crippen LogP contribution in [0.25, 0.3) is 10.9 Å². The molecule has 0 fully saturated rings. The molecule has 1 atom stereocenters. The largest absolute Gasteiger partial charge is 0.399 e. The van der Waals surface area contributed by atoms with Gasteiger partial charge in [-0.1, -0.05) is 13.8 Å². The number of nitrogen functional groups attached to an aromatic ring is 1. The molecule has 0 spiro atoms. The van der Waals surface area contributed by atoms with Gasteiger partial charge in [0.05, 0.1) is 5.52 Å². The van der Waals surface area contributed by atoms with E-state index in [4.69, 9.17) is 5.73 Å². The molecule has 0 amide bonds. The average Bonchev–Trinajstić information content (AvgIpc) is 2.52. The fraction of sp³-hybridized carbons (Fsp3) is 0.500. The summed E-state index contributed by atoms with van der Waals surface area (Å²) in [6.45, 7) is 10.1. The molecule has 4 heteroatoms. The zero-order chi connectivity index (χ0) is 15.9. The Bertz CT molecular complexity index is 593. The third-order valence-corrected chi connectivity index (χ3v) is 4.17. The van der Waals surface area contributed by atoms with Gasteiger partial charge in [0.25, 0.3) is 0 Å². The number of aromatic nitrogens is 1. The maximum Gasteiger partial charge on any atom is 0.0724 e. The predicted molar refractivity (Wildman–Crippen MR) is 96.3 cm³/mol. The van der Waals surface area contributed by atoms with Gasteiger partial charge in [0.2, 0.25) is 0 Å². The Kier molecular flexibility index (Phi) is 6.01. The quantitative estimate of drug-likeness (QED) is 0.729. The number of hydrogen-bond acceptors (Lipinski definition) is 4. The van der Waals surface area contributed by atoms with Crippen LogP contribution in [0.3, 0.4) is 0 Å². The predicted octanol–water partition coefficient (Wildman–Crippen LogP) is 3.74. The first-order valence-electron chi connectivity index (χ1n) is 8.27. The van der Waals surface area contributed by atoms with Crippen molar-refractivity contribution in [2.24, 2.45) is 0 Å². The minimum atomic E-state index is 0.433. The second-order valence-corrected chi connectivity index (χ2v) is 5.85. The highest BCUT2D eigenvalue weighted by Crippen LogP contribution is 2.24. The first kappa shape index (κ1) is 16.6. The van der Waals surface area contributed by atoms with E-state index in [0.29, 0.717) is 6.04 Å².